The van der Waals surface area contributed by atoms with Crippen LogP contribution in [0.25, 0.3) is 0 Å². The summed E-state index contributed by atoms with van der Waals surface area (Å²) in [6, 6.07) is 0.933. The van der Waals surface area contributed by atoms with Crippen molar-refractivity contribution in [3.8, 4) is 0 Å². The van der Waals surface area contributed by atoms with Crippen molar-refractivity contribution >= 4 is 6.09 Å². The normalized spacial score (nSPS) is 20.4. The second-order valence-corrected chi connectivity index (χ2v) is 8.04. The maximum atomic E-state index is 12.2. The lowest BCUT2D eigenvalue weighted by atomic mass is 10.0. The SMILES string of the molecule is CCCCCCCC(C)NC1CCCN(C(=O)OC(C)(C)C)C1. The predicted octanol–water partition coefficient (Wildman–Crippen LogP) is 4.72. The highest BCUT2D eigenvalue weighted by atomic mass is 16.6. The molecule has 1 heterocycles. The van der Waals surface area contributed by atoms with Crippen LogP contribution in [0.15, 0.2) is 0 Å². The average molecular weight is 327 g/mol. The van der Waals surface area contributed by atoms with E-state index in [2.05, 4.69) is 19.2 Å². The van der Waals surface area contributed by atoms with Crippen LogP contribution < -0.4 is 5.32 Å². The van der Waals surface area contributed by atoms with E-state index in [1.165, 1.54) is 38.5 Å². The standard InChI is InChI=1S/C19H38N2O2/c1-6-7-8-9-10-12-16(2)20-17-13-11-14-21(15-17)18(22)23-19(3,4)5/h16-17,20H,6-15H2,1-5H3. The number of rotatable bonds is 8. The summed E-state index contributed by atoms with van der Waals surface area (Å²) in [6.45, 7) is 11.9. The van der Waals surface area contributed by atoms with Crippen molar-refractivity contribution in [1.82, 2.24) is 10.2 Å². The first kappa shape index (κ1) is 20.3. The Morgan fingerprint density at radius 3 is 2.61 bits per heavy atom. The van der Waals surface area contributed by atoms with Crippen LogP contribution in [-0.4, -0.2) is 41.8 Å². The van der Waals surface area contributed by atoms with E-state index in [1.54, 1.807) is 0 Å². The Kier molecular flexibility index (Phi) is 8.96. The first-order chi connectivity index (χ1) is 10.8. The minimum atomic E-state index is -0.413. The van der Waals surface area contributed by atoms with E-state index in [-0.39, 0.29) is 6.09 Å². The van der Waals surface area contributed by atoms with Gasteiger partial charge in [-0.2, -0.15) is 0 Å². The largest absolute Gasteiger partial charge is 0.444 e. The third kappa shape index (κ3) is 9.19. The van der Waals surface area contributed by atoms with Gasteiger partial charge in [0.15, 0.2) is 0 Å². The van der Waals surface area contributed by atoms with Crippen molar-refractivity contribution in [3.05, 3.63) is 0 Å². The molecule has 1 aliphatic heterocycles. The van der Waals surface area contributed by atoms with Crippen LogP contribution in [0.1, 0.15) is 86.0 Å². The zero-order valence-electron chi connectivity index (χ0n) is 16.0. The number of ether oxygens (including phenoxy) is 1. The van der Waals surface area contributed by atoms with E-state index in [0.29, 0.717) is 12.1 Å². The van der Waals surface area contributed by atoms with Gasteiger partial charge in [0.2, 0.25) is 0 Å². The van der Waals surface area contributed by atoms with Gasteiger partial charge in [0.1, 0.15) is 5.60 Å². The van der Waals surface area contributed by atoms with E-state index in [1.807, 2.05) is 25.7 Å². The van der Waals surface area contributed by atoms with E-state index in [4.69, 9.17) is 4.74 Å². The number of nitrogens with zero attached hydrogens (tertiary/aromatic N) is 1. The van der Waals surface area contributed by atoms with Gasteiger partial charge in [-0.3, -0.25) is 0 Å². The number of likely N-dealkylation sites (tertiary alicyclic amines) is 1. The fourth-order valence-corrected chi connectivity index (χ4v) is 3.15. The van der Waals surface area contributed by atoms with Crippen molar-refractivity contribution in [2.45, 2.75) is 104 Å². The summed E-state index contributed by atoms with van der Waals surface area (Å²) in [7, 11) is 0. The molecular weight excluding hydrogens is 288 g/mol. The Bertz CT molecular complexity index is 339. The first-order valence-electron chi connectivity index (χ1n) is 9.55. The highest BCUT2D eigenvalue weighted by molar-refractivity contribution is 5.68. The molecule has 4 heteroatoms. The molecule has 0 aliphatic carbocycles. The number of unbranched alkanes of at least 4 members (excludes halogenated alkanes) is 4. The highest BCUT2D eigenvalue weighted by Gasteiger charge is 2.27. The van der Waals surface area contributed by atoms with Gasteiger partial charge in [0.25, 0.3) is 0 Å². The lowest BCUT2D eigenvalue weighted by molar-refractivity contribution is 0.0183. The monoisotopic (exact) mass is 326 g/mol. The summed E-state index contributed by atoms with van der Waals surface area (Å²) >= 11 is 0. The quantitative estimate of drug-likeness (QED) is 0.656. The minimum absolute atomic E-state index is 0.170. The fraction of sp³-hybridized carbons (Fsp3) is 0.947. The Morgan fingerprint density at radius 2 is 1.96 bits per heavy atom. The first-order valence-corrected chi connectivity index (χ1v) is 9.55. The molecular formula is C19H38N2O2. The van der Waals surface area contributed by atoms with E-state index in [0.717, 1.165) is 25.9 Å². The number of piperidine rings is 1. The summed E-state index contributed by atoms with van der Waals surface area (Å²) < 4.78 is 5.49. The Morgan fingerprint density at radius 1 is 1.26 bits per heavy atom. The molecule has 0 radical (unpaired) electrons. The molecule has 136 valence electrons. The minimum Gasteiger partial charge on any atom is -0.444 e. The van der Waals surface area contributed by atoms with Crippen LogP contribution in [0, 0.1) is 0 Å². The molecule has 0 aromatic rings. The summed E-state index contributed by atoms with van der Waals surface area (Å²) in [5, 5.41) is 3.71. The van der Waals surface area contributed by atoms with Gasteiger partial charge in [-0.1, -0.05) is 39.0 Å². The zero-order chi connectivity index (χ0) is 17.3. The summed E-state index contributed by atoms with van der Waals surface area (Å²) in [4.78, 5) is 14.1. The van der Waals surface area contributed by atoms with E-state index >= 15 is 0 Å². The van der Waals surface area contributed by atoms with E-state index in [9.17, 15) is 4.79 Å². The van der Waals surface area contributed by atoms with Crippen molar-refractivity contribution < 1.29 is 9.53 Å². The van der Waals surface area contributed by atoms with Gasteiger partial charge >= 0.3 is 6.09 Å². The topological polar surface area (TPSA) is 41.6 Å². The molecule has 0 aromatic heterocycles. The average Bonchev–Trinajstić information content (AvgIpc) is 2.45. The second-order valence-electron chi connectivity index (χ2n) is 8.04. The predicted molar refractivity (Wildman–Crippen MR) is 96.8 cm³/mol. The van der Waals surface area contributed by atoms with Crippen LogP contribution in [-0.2, 0) is 4.74 Å². The number of amides is 1. The Balaban J connectivity index is 2.27. The van der Waals surface area contributed by atoms with Crippen LogP contribution >= 0.6 is 0 Å². The van der Waals surface area contributed by atoms with Gasteiger partial charge in [0, 0.05) is 25.2 Å². The van der Waals surface area contributed by atoms with Crippen LogP contribution in [0.5, 0.6) is 0 Å². The molecule has 0 bridgehead atoms. The fourth-order valence-electron chi connectivity index (χ4n) is 3.15. The van der Waals surface area contributed by atoms with Gasteiger partial charge in [-0.05, 0) is 47.0 Å². The van der Waals surface area contributed by atoms with Gasteiger partial charge < -0.3 is 15.0 Å². The third-order valence-corrected chi connectivity index (χ3v) is 4.33. The molecule has 0 aromatic carbocycles. The molecule has 4 nitrogen and oxygen atoms in total. The molecule has 1 amide bonds. The second kappa shape index (κ2) is 10.2. The lowest BCUT2D eigenvalue weighted by Gasteiger charge is -2.35. The molecule has 1 aliphatic rings. The van der Waals surface area contributed by atoms with Crippen LogP contribution in [0.2, 0.25) is 0 Å². The molecule has 2 unspecified atom stereocenters. The van der Waals surface area contributed by atoms with Gasteiger partial charge in [-0.15, -0.1) is 0 Å². The maximum absolute atomic E-state index is 12.2. The van der Waals surface area contributed by atoms with Gasteiger partial charge in [-0.25, -0.2) is 4.79 Å². The van der Waals surface area contributed by atoms with Crippen molar-refractivity contribution in [2.24, 2.45) is 0 Å². The summed E-state index contributed by atoms with van der Waals surface area (Å²) in [6.07, 6.45) is 9.93. The molecule has 23 heavy (non-hydrogen) atoms. The number of carbonyl (C=O) groups is 1. The molecule has 0 saturated carbocycles. The zero-order valence-corrected chi connectivity index (χ0v) is 16.0. The molecule has 0 spiro atoms. The van der Waals surface area contributed by atoms with Crippen LogP contribution in [0.3, 0.4) is 0 Å². The molecule has 1 saturated heterocycles. The summed E-state index contributed by atoms with van der Waals surface area (Å²) in [5.74, 6) is 0. The van der Waals surface area contributed by atoms with E-state index < -0.39 is 5.60 Å². The smallest absolute Gasteiger partial charge is 0.410 e. The molecule has 2 atom stereocenters. The van der Waals surface area contributed by atoms with Crippen molar-refractivity contribution in [2.75, 3.05) is 13.1 Å². The third-order valence-electron chi connectivity index (χ3n) is 4.33. The Labute approximate surface area is 143 Å². The van der Waals surface area contributed by atoms with Crippen molar-refractivity contribution in [3.63, 3.8) is 0 Å². The Hall–Kier alpha value is -0.770. The van der Waals surface area contributed by atoms with Crippen LogP contribution in [0.4, 0.5) is 4.79 Å². The number of carbonyl (C=O) groups excluding carboxylic acids is 1. The number of nitrogens with one attached hydrogen (secondary N) is 1. The van der Waals surface area contributed by atoms with Gasteiger partial charge in [0.05, 0.1) is 0 Å². The molecule has 1 fully saturated rings. The molecule has 1 rings (SSSR count). The highest BCUT2D eigenvalue weighted by Crippen LogP contribution is 2.16. The number of hydrogen-bond donors (Lipinski definition) is 1. The lowest BCUT2D eigenvalue weighted by Crippen LogP contribution is -2.51. The maximum Gasteiger partial charge on any atom is 0.410 e. The summed E-state index contributed by atoms with van der Waals surface area (Å²) in [5.41, 5.74) is -0.413. The number of hydrogen-bond acceptors (Lipinski definition) is 3. The van der Waals surface area contributed by atoms with Crippen molar-refractivity contribution in [1.29, 1.82) is 0 Å². The molecule has 1 N–H and O–H groups in total.